The summed E-state index contributed by atoms with van der Waals surface area (Å²) in [6.07, 6.45) is 2.89. The van der Waals surface area contributed by atoms with Gasteiger partial charge >= 0.3 is 0 Å². The molecule has 0 saturated heterocycles. The molecule has 0 rings (SSSR count). The van der Waals surface area contributed by atoms with Gasteiger partial charge in [-0.3, -0.25) is 9.59 Å². The lowest BCUT2D eigenvalue weighted by atomic mass is 10.4. The Bertz CT molecular complexity index is 105. The monoisotopic (exact) mass is 220 g/mol. The first-order valence-electron chi connectivity index (χ1n) is 5.50. The minimum absolute atomic E-state index is 0.0394. The third kappa shape index (κ3) is 179. The zero-order valence-electron chi connectivity index (χ0n) is 11.1. The van der Waals surface area contributed by atoms with Crippen LogP contribution in [0.4, 0.5) is 0 Å². The zero-order valence-corrected chi connectivity index (χ0v) is 11.1. The van der Waals surface area contributed by atoms with Crippen molar-refractivity contribution < 1.29 is 9.59 Å². The van der Waals surface area contributed by atoms with E-state index in [1.54, 1.807) is 0 Å². The van der Waals surface area contributed by atoms with Gasteiger partial charge in [0.2, 0.25) is 12.3 Å². The van der Waals surface area contributed by atoms with Crippen LogP contribution < -0.4 is 11.1 Å². The molecule has 0 aliphatic heterocycles. The smallest absolute Gasteiger partial charge is 0.216 e. The predicted molar refractivity (Wildman–Crippen MR) is 66.5 cm³/mol. The van der Waals surface area contributed by atoms with Crippen LogP contribution in [0.5, 0.6) is 0 Å². The summed E-state index contributed by atoms with van der Waals surface area (Å²) in [7, 11) is 0. The summed E-state index contributed by atoms with van der Waals surface area (Å²) < 4.78 is 0. The highest BCUT2D eigenvalue weighted by Gasteiger charge is 1.78. The topological polar surface area (TPSA) is 72.2 Å². The van der Waals surface area contributed by atoms with E-state index in [4.69, 9.17) is 4.79 Å². The van der Waals surface area contributed by atoms with Crippen molar-refractivity contribution in [3.8, 4) is 0 Å². The van der Waals surface area contributed by atoms with Crippen LogP contribution in [0.3, 0.4) is 0 Å². The molecule has 4 heteroatoms. The van der Waals surface area contributed by atoms with Crippen LogP contribution in [-0.4, -0.2) is 18.9 Å². The van der Waals surface area contributed by atoms with E-state index in [0.717, 1.165) is 6.54 Å². The Morgan fingerprint density at radius 2 is 1.47 bits per heavy atom. The van der Waals surface area contributed by atoms with E-state index in [1.165, 1.54) is 19.8 Å². The number of amides is 2. The third-order valence-electron chi connectivity index (χ3n) is 0.926. The first kappa shape index (κ1) is 23.6. The van der Waals surface area contributed by atoms with Gasteiger partial charge in [0, 0.05) is 13.5 Å². The molecule has 0 bridgehead atoms. The molecule has 0 unspecified atom stereocenters. The molecule has 0 heterocycles. The Balaban J connectivity index is -0.0000000590. The Morgan fingerprint density at radius 3 is 1.47 bits per heavy atom. The number of hydrogen-bond acceptors (Lipinski definition) is 2. The molecule has 0 fully saturated rings. The van der Waals surface area contributed by atoms with Gasteiger partial charge in [0.25, 0.3) is 0 Å². The second kappa shape index (κ2) is 38.3. The van der Waals surface area contributed by atoms with Crippen molar-refractivity contribution in [3.63, 3.8) is 0 Å². The Hall–Kier alpha value is -1.06. The highest BCUT2D eigenvalue weighted by atomic mass is 16.1. The molecule has 0 atom stereocenters. The van der Waals surface area contributed by atoms with Crippen molar-refractivity contribution in [2.45, 2.75) is 54.4 Å². The first-order chi connectivity index (χ1) is 7.10. The lowest BCUT2D eigenvalue weighted by Crippen LogP contribution is -2.18. The van der Waals surface area contributed by atoms with Crippen LogP contribution in [0.1, 0.15) is 54.4 Å². The summed E-state index contributed by atoms with van der Waals surface area (Å²) in [6, 6.07) is 0. The van der Waals surface area contributed by atoms with Crippen molar-refractivity contribution in [3.05, 3.63) is 0 Å². The number of nitrogens with two attached hydrogens (primary N) is 1. The molecule has 4 nitrogen and oxygen atoms in total. The standard InChI is InChI=1S/C4H9NO.C4H10.C2H6.CH3NO/c1-3-5-4(2)6;1-3-4-2;1-2;2-1-3/h3H2,1-2H3,(H,5,6);3-4H2,1-2H3;1-2H3;1H,(H2,2,3). The minimum Gasteiger partial charge on any atom is -0.372 e. The normalized spacial score (nSPS) is 6.27. The fourth-order valence-electron chi connectivity index (χ4n) is 0.249. The molecule has 94 valence electrons. The van der Waals surface area contributed by atoms with Crippen molar-refractivity contribution in [1.29, 1.82) is 0 Å². The van der Waals surface area contributed by atoms with Gasteiger partial charge in [-0.15, -0.1) is 0 Å². The maximum absolute atomic E-state index is 9.93. The van der Waals surface area contributed by atoms with Crippen molar-refractivity contribution in [1.82, 2.24) is 5.32 Å². The molecule has 0 saturated carbocycles. The van der Waals surface area contributed by atoms with Gasteiger partial charge in [0.05, 0.1) is 0 Å². The highest BCUT2D eigenvalue weighted by molar-refractivity contribution is 5.72. The summed E-state index contributed by atoms with van der Waals surface area (Å²) in [5.41, 5.74) is 4.17. The quantitative estimate of drug-likeness (QED) is 0.699. The van der Waals surface area contributed by atoms with E-state index in [9.17, 15) is 4.79 Å². The van der Waals surface area contributed by atoms with Crippen LogP contribution >= 0.6 is 0 Å². The summed E-state index contributed by atoms with van der Waals surface area (Å²) in [4.78, 5) is 18.5. The average molecular weight is 220 g/mol. The Kier molecular flexibility index (Phi) is 60.3. The van der Waals surface area contributed by atoms with Gasteiger partial charge in [-0.1, -0.05) is 40.5 Å². The number of primary amides is 1. The van der Waals surface area contributed by atoms with Gasteiger partial charge in [0.15, 0.2) is 0 Å². The number of unbranched alkanes of at least 4 members (excludes halogenated alkanes) is 1. The molecule has 0 aromatic carbocycles. The molecule has 0 aliphatic carbocycles. The lowest BCUT2D eigenvalue weighted by molar-refractivity contribution is -0.118. The highest BCUT2D eigenvalue weighted by Crippen LogP contribution is 1.76. The van der Waals surface area contributed by atoms with Gasteiger partial charge in [-0.2, -0.15) is 0 Å². The van der Waals surface area contributed by atoms with E-state index >= 15 is 0 Å². The Morgan fingerprint density at radius 1 is 1.20 bits per heavy atom. The summed E-state index contributed by atoms with van der Waals surface area (Å²) >= 11 is 0. The largest absolute Gasteiger partial charge is 0.372 e. The van der Waals surface area contributed by atoms with Crippen molar-refractivity contribution >= 4 is 12.3 Å². The molecule has 0 radical (unpaired) electrons. The van der Waals surface area contributed by atoms with Gasteiger partial charge in [0.1, 0.15) is 0 Å². The first-order valence-corrected chi connectivity index (χ1v) is 5.50. The minimum atomic E-state index is 0.0394. The maximum atomic E-state index is 9.93. The molecular weight excluding hydrogens is 192 g/mol. The molecule has 0 spiro atoms. The summed E-state index contributed by atoms with van der Waals surface area (Å²) in [5, 5.41) is 2.57. The molecule has 0 aromatic rings. The van der Waals surface area contributed by atoms with Gasteiger partial charge in [-0.25, -0.2) is 0 Å². The molecular formula is C11H28N2O2. The molecule has 0 aliphatic rings. The fourth-order valence-corrected chi connectivity index (χ4v) is 0.249. The van der Waals surface area contributed by atoms with Crippen LogP contribution in [-0.2, 0) is 9.59 Å². The van der Waals surface area contributed by atoms with Crippen molar-refractivity contribution in [2.75, 3.05) is 6.54 Å². The second-order valence-electron chi connectivity index (χ2n) is 2.22. The van der Waals surface area contributed by atoms with Crippen LogP contribution in [0.2, 0.25) is 0 Å². The van der Waals surface area contributed by atoms with Crippen LogP contribution in [0.15, 0.2) is 0 Å². The molecule has 3 N–H and O–H groups in total. The summed E-state index contributed by atoms with van der Waals surface area (Å²) in [6.45, 7) is 12.5. The zero-order chi connectivity index (χ0) is 13.1. The van der Waals surface area contributed by atoms with Gasteiger partial charge < -0.3 is 11.1 Å². The predicted octanol–water partition coefficient (Wildman–Crippen LogP) is 2.08. The number of nitrogens with one attached hydrogen (secondary N) is 1. The molecule has 0 aromatic heterocycles. The Labute approximate surface area is 94.6 Å². The second-order valence-corrected chi connectivity index (χ2v) is 2.22. The average Bonchev–Trinajstić information content (AvgIpc) is 2.22. The SMILES string of the molecule is CC.CCCC.CCNC(C)=O.NC=O. The van der Waals surface area contributed by atoms with Gasteiger partial charge in [-0.05, 0) is 6.92 Å². The lowest BCUT2D eigenvalue weighted by Gasteiger charge is -1.88. The molecule has 2 amide bonds. The van der Waals surface area contributed by atoms with E-state index in [0.29, 0.717) is 0 Å². The third-order valence-corrected chi connectivity index (χ3v) is 0.926. The van der Waals surface area contributed by atoms with E-state index < -0.39 is 0 Å². The van der Waals surface area contributed by atoms with Crippen molar-refractivity contribution in [2.24, 2.45) is 5.73 Å². The van der Waals surface area contributed by atoms with Crippen LogP contribution in [0, 0.1) is 0 Å². The van der Waals surface area contributed by atoms with E-state index in [1.807, 2.05) is 20.8 Å². The fraction of sp³-hybridized carbons (Fsp3) is 0.818. The maximum Gasteiger partial charge on any atom is 0.216 e. The number of carbonyl (C=O) groups is 2. The number of carbonyl (C=O) groups excluding carboxylic acids is 2. The number of hydrogen-bond donors (Lipinski definition) is 2. The molecule has 15 heavy (non-hydrogen) atoms. The summed E-state index contributed by atoms with van der Waals surface area (Å²) in [5.74, 6) is 0.0394. The van der Waals surface area contributed by atoms with E-state index in [2.05, 4.69) is 24.9 Å². The number of rotatable bonds is 2. The van der Waals surface area contributed by atoms with E-state index in [-0.39, 0.29) is 12.3 Å². The van der Waals surface area contributed by atoms with Crippen LogP contribution in [0.25, 0.3) is 0 Å².